The molecule has 4 heteroatoms. The van der Waals surface area contributed by atoms with E-state index in [0.29, 0.717) is 0 Å². The summed E-state index contributed by atoms with van der Waals surface area (Å²) in [7, 11) is 0. The summed E-state index contributed by atoms with van der Waals surface area (Å²) in [5.41, 5.74) is 1.22. The monoisotopic (exact) mass is 276 g/mol. The van der Waals surface area contributed by atoms with Crippen molar-refractivity contribution in [3.05, 3.63) is 11.9 Å². The molecular formula is C16H28N4. The van der Waals surface area contributed by atoms with Crippen LogP contribution in [0.5, 0.6) is 0 Å². The molecule has 1 aliphatic carbocycles. The van der Waals surface area contributed by atoms with E-state index in [4.69, 9.17) is 0 Å². The Morgan fingerprint density at radius 1 is 1.05 bits per heavy atom. The van der Waals surface area contributed by atoms with Crippen molar-refractivity contribution in [2.24, 2.45) is 5.92 Å². The normalized spacial score (nSPS) is 15.5. The molecule has 0 amide bonds. The average Bonchev–Trinajstić information content (AvgIpc) is 2.98. The second-order valence-corrected chi connectivity index (χ2v) is 5.70. The van der Waals surface area contributed by atoms with E-state index in [0.717, 1.165) is 43.5 Å². The molecule has 1 aromatic rings. The molecule has 1 aromatic heterocycles. The number of rotatable bonds is 8. The third-order valence-corrected chi connectivity index (χ3v) is 4.16. The van der Waals surface area contributed by atoms with Crippen LogP contribution in [0.3, 0.4) is 0 Å². The number of nitrogens with zero attached hydrogens (tertiary/aromatic N) is 2. The van der Waals surface area contributed by atoms with Crippen molar-refractivity contribution in [2.75, 3.05) is 23.7 Å². The van der Waals surface area contributed by atoms with E-state index < -0.39 is 0 Å². The molecule has 4 nitrogen and oxygen atoms in total. The summed E-state index contributed by atoms with van der Waals surface area (Å²) in [6, 6.07) is 0. The third-order valence-electron chi connectivity index (χ3n) is 4.16. The lowest BCUT2D eigenvalue weighted by atomic mass is 10.0. The molecule has 1 saturated carbocycles. The molecule has 1 fully saturated rings. The SMILES string of the molecule is CCCNc1ncnc(NCCC2CCCC2)c1CC. The first-order valence-corrected chi connectivity index (χ1v) is 8.16. The van der Waals surface area contributed by atoms with E-state index in [1.54, 1.807) is 6.33 Å². The second kappa shape index (κ2) is 8.08. The van der Waals surface area contributed by atoms with Gasteiger partial charge in [0.1, 0.15) is 18.0 Å². The molecule has 0 bridgehead atoms. The molecule has 0 aromatic carbocycles. The average molecular weight is 276 g/mol. The predicted octanol–water partition coefficient (Wildman–Crippen LogP) is 3.85. The Labute approximate surface area is 122 Å². The second-order valence-electron chi connectivity index (χ2n) is 5.70. The van der Waals surface area contributed by atoms with Crippen LogP contribution in [-0.2, 0) is 6.42 Å². The Hall–Kier alpha value is -1.32. The summed E-state index contributed by atoms with van der Waals surface area (Å²) in [6.07, 6.45) is 10.7. The quantitative estimate of drug-likeness (QED) is 0.757. The summed E-state index contributed by atoms with van der Waals surface area (Å²) in [5.74, 6) is 2.93. The first-order valence-electron chi connectivity index (χ1n) is 8.16. The molecule has 0 unspecified atom stereocenters. The van der Waals surface area contributed by atoms with Crippen LogP contribution in [0.4, 0.5) is 11.6 Å². The maximum Gasteiger partial charge on any atom is 0.134 e. The fraction of sp³-hybridized carbons (Fsp3) is 0.750. The fourth-order valence-corrected chi connectivity index (χ4v) is 2.99. The molecular weight excluding hydrogens is 248 g/mol. The lowest BCUT2D eigenvalue weighted by Gasteiger charge is -2.15. The number of hydrogen-bond acceptors (Lipinski definition) is 4. The Morgan fingerprint density at radius 2 is 1.70 bits per heavy atom. The van der Waals surface area contributed by atoms with Gasteiger partial charge in [-0.15, -0.1) is 0 Å². The van der Waals surface area contributed by atoms with Gasteiger partial charge in [0.2, 0.25) is 0 Å². The molecule has 0 spiro atoms. The van der Waals surface area contributed by atoms with Gasteiger partial charge in [0.15, 0.2) is 0 Å². The number of nitrogens with one attached hydrogen (secondary N) is 2. The minimum Gasteiger partial charge on any atom is -0.370 e. The Bertz CT molecular complexity index is 399. The van der Waals surface area contributed by atoms with Crippen molar-refractivity contribution in [3.8, 4) is 0 Å². The van der Waals surface area contributed by atoms with Gasteiger partial charge in [-0.3, -0.25) is 0 Å². The van der Waals surface area contributed by atoms with Crippen molar-refractivity contribution in [3.63, 3.8) is 0 Å². The van der Waals surface area contributed by atoms with Crippen molar-refractivity contribution < 1.29 is 0 Å². The lowest BCUT2D eigenvalue weighted by molar-refractivity contribution is 0.518. The first kappa shape index (κ1) is 15.1. The minimum atomic E-state index is 0.923. The van der Waals surface area contributed by atoms with E-state index in [1.807, 2.05) is 0 Å². The zero-order chi connectivity index (χ0) is 14.2. The van der Waals surface area contributed by atoms with E-state index in [-0.39, 0.29) is 0 Å². The molecule has 0 radical (unpaired) electrons. The van der Waals surface area contributed by atoms with Gasteiger partial charge >= 0.3 is 0 Å². The highest BCUT2D eigenvalue weighted by molar-refractivity contribution is 5.57. The van der Waals surface area contributed by atoms with Crippen LogP contribution in [0.2, 0.25) is 0 Å². The molecule has 2 N–H and O–H groups in total. The molecule has 112 valence electrons. The topological polar surface area (TPSA) is 49.8 Å². The standard InChI is InChI=1S/C16H28N4/c1-3-10-17-15-14(4-2)16(20-12-19-15)18-11-9-13-7-5-6-8-13/h12-13H,3-11H2,1-2H3,(H2,17,18,19,20). The number of hydrogen-bond donors (Lipinski definition) is 2. The lowest BCUT2D eigenvalue weighted by Crippen LogP contribution is -2.12. The van der Waals surface area contributed by atoms with Crippen LogP contribution in [0.1, 0.15) is 57.9 Å². The Kier molecular flexibility index (Phi) is 6.09. The van der Waals surface area contributed by atoms with Gasteiger partial charge in [-0.2, -0.15) is 0 Å². The molecule has 20 heavy (non-hydrogen) atoms. The first-order chi connectivity index (χ1) is 9.85. The van der Waals surface area contributed by atoms with Crippen LogP contribution >= 0.6 is 0 Å². The van der Waals surface area contributed by atoms with Gasteiger partial charge in [-0.1, -0.05) is 39.5 Å². The van der Waals surface area contributed by atoms with Gasteiger partial charge in [-0.25, -0.2) is 9.97 Å². The van der Waals surface area contributed by atoms with E-state index >= 15 is 0 Å². The van der Waals surface area contributed by atoms with Gasteiger partial charge in [0, 0.05) is 18.7 Å². The molecule has 0 aliphatic heterocycles. The molecule has 0 atom stereocenters. The van der Waals surface area contributed by atoms with Crippen molar-refractivity contribution in [2.45, 2.75) is 58.8 Å². The van der Waals surface area contributed by atoms with Gasteiger partial charge < -0.3 is 10.6 Å². The smallest absolute Gasteiger partial charge is 0.134 e. The summed E-state index contributed by atoms with van der Waals surface area (Å²) < 4.78 is 0. The van der Waals surface area contributed by atoms with Crippen LogP contribution in [-0.4, -0.2) is 23.1 Å². The van der Waals surface area contributed by atoms with Gasteiger partial charge in [-0.05, 0) is 25.2 Å². The van der Waals surface area contributed by atoms with E-state index in [9.17, 15) is 0 Å². The van der Waals surface area contributed by atoms with Gasteiger partial charge in [0.25, 0.3) is 0 Å². The Morgan fingerprint density at radius 3 is 2.30 bits per heavy atom. The zero-order valence-electron chi connectivity index (χ0n) is 12.9. The summed E-state index contributed by atoms with van der Waals surface area (Å²) in [5, 5.41) is 6.91. The van der Waals surface area contributed by atoms with E-state index in [2.05, 4.69) is 34.4 Å². The van der Waals surface area contributed by atoms with Crippen LogP contribution in [0.15, 0.2) is 6.33 Å². The minimum absolute atomic E-state index is 0.923. The maximum absolute atomic E-state index is 4.42. The van der Waals surface area contributed by atoms with Crippen LogP contribution in [0.25, 0.3) is 0 Å². The number of anilines is 2. The van der Waals surface area contributed by atoms with Gasteiger partial charge in [0.05, 0.1) is 0 Å². The zero-order valence-corrected chi connectivity index (χ0v) is 12.9. The highest BCUT2D eigenvalue weighted by atomic mass is 15.1. The van der Waals surface area contributed by atoms with Crippen LogP contribution in [0, 0.1) is 5.92 Å². The fourth-order valence-electron chi connectivity index (χ4n) is 2.99. The molecule has 1 aliphatic rings. The van der Waals surface area contributed by atoms with Crippen molar-refractivity contribution >= 4 is 11.6 Å². The highest BCUT2D eigenvalue weighted by Gasteiger charge is 2.15. The highest BCUT2D eigenvalue weighted by Crippen LogP contribution is 2.27. The van der Waals surface area contributed by atoms with E-state index in [1.165, 1.54) is 37.7 Å². The number of aromatic nitrogens is 2. The molecule has 1 heterocycles. The summed E-state index contributed by atoms with van der Waals surface area (Å²) in [6.45, 7) is 6.33. The molecule has 0 saturated heterocycles. The largest absolute Gasteiger partial charge is 0.370 e. The van der Waals surface area contributed by atoms with Crippen LogP contribution < -0.4 is 10.6 Å². The third kappa shape index (κ3) is 4.09. The summed E-state index contributed by atoms with van der Waals surface area (Å²) in [4.78, 5) is 8.79. The Balaban J connectivity index is 1.91. The predicted molar refractivity (Wildman–Crippen MR) is 85.3 cm³/mol. The molecule has 2 rings (SSSR count). The maximum atomic E-state index is 4.42. The summed E-state index contributed by atoms with van der Waals surface area (Å²) >= 11 is 0. The van der Waals surface area contributed by atoms with Crippen molar-refractivity contribution in [1.29, 1.82) is 0 Å². The van der Waals surface area contributed by atoms with Crippen molar-refractivity contribution in [1.82, 2.24) is 9.97 Å².